The van der Waals surface area contributed by atoms with E-state index in [0.29, 0.717) is 55.5 Å². The summed E-state index contributed by atoms with van der Waals surface area (Å²) in [5, 5.41) is 8.82. The third-order valence-electron chi connectivity index (χ3n) is 7.92. The third-order valence-corrected chi connectivity index (χ3v) is 7.92. The van der Waals surface area contributed by atoms with Gasteiger partial charge in [-0.05, 0) is 44.5 Å². The van der Waals surface area contributed by atoms with E-state index in [9.17, 15) is 17.6 Å². The molecule has 12 heteroatoms. The molecule has 1 aliphatic heterocycles. The van der Waals surface area contributed by atoms with Crippen molar-refractivity contribution in [3.63, 3.8) is 0 Å². The molecule has 45 heavy (non-hydrogen) atoms. The number of nitrogens with zero attached hydrogens (tertiary/aromatic N) is 6. The number of fused-ring (bicyclic) bond motifs is 1. The summed E-state index contributed by atoms with van der Waals surface area (Å²) in [4.78, 5) is 15.7. The summed E-state index contributed by atoms with van der Waals surface area (Å²) >= 11 is 0. The van der Waals surface area contributed by atoms with Crippen molar-refractivity contribution in [1.82, 2.24) is 29.6 Å². The predicted octanol–water partition coefficient (Wildman–Crippen LogP) is 7.02. The van der Waals surface area contributed by atoms with Crippen LogP contribution in [0.1, 0.15) is 37.3 Å². The molecule has 5 aromatic rings. The number of aryl methyl sites for hydroxylation is 1. The molecule has 0 bridgehead atoms. The van der Waals surface area contributed by atoms with E-state index in [2.05, 4.69) is 20.2 Å². The zero-order valence-corrected chi connectivity index (χ0v) is 24.8. The lowest BCUT2D eigenvalue weighted by atomic mass is 10.1. The van der Waals surface area contributed by atoms with Gasteiger partial charge in [-0.1, -0.05) is 18.2 Å². The van der Waals surface area contributed by atoms with Crippen LogP contribution in [0.2, 0.25) is 0 Å². The van der Waals surface area contributed by atoms with E-state index >= 15 is 0 Å². The van der Waals surface area contributed by atoms with Gasteiger partial charge in [-0.15, -0.1) is 0 Å². The average Bonchev–Trinajstić information content (AvgIpc) is 3.39. The normalized spacial score (nSPS) is 15.0. The Kier molecular flexibility index (Phi) is 8.92. The van der Waals surface area contributed by atoms with Crippen molar-refractivity contribution < 1.29 is 22.3 Å². The van der Waals surface area contributed by atoms with E-state index in [1.807, 2.05) is 36.4 Å². The standard InChI is InChI=1S/C33H33F4N7O/c1-2-45-24-18-27(34)26(28(35)19-24)21-44-29-8-4-3-7-25(29)30(42-44)32-39-20-22(31(41-32)40-23-9-13-38-14-10-23)6-5-15-43-16-11-33(36,37)12-17-43/h3-4,7-10,13-14,18-20H,2,5-6,11-12,15-17,21H2,1H3,(H,38,39,40,41). The van der Waals surface area contributed by atoms with Gasteiger partial charge in [0.15, 0.2) is 5.82 Å². The second-order valence-corrected chi connectivity index (χ2v) is 11.1. The van der Waals surface area contributed by atoms with Crippen molar-refractivity contribution in [3.05, 3.63) is 89.9 Å². The lowest BCUT2D eigenvalue weighted by Gasteiger charge is -2.31. The minimum Gasteiger partial charge on any atom is -0.494 e. The Morgan fingerprint density at radius 3 is 2.47 bits per heavy atom. The Labute approximate surface area is 258 Å². The summed E-state index contributed by atoms with van der Waals surface area (Å²) in [5.74, 6) is -2.96. The number of ether oxygens (including phenoxy) is 1. The van der Waals surface area contributed by atoms with Gasteiger partial charge in [-0.2, -0.15) is 5.10 Å². The van der Waals surface area contributed by atoms with Gasteiger partial charge >= 0.3 is 0 Å². The van der Waals surface area contributed by atoms with Gasteiger partial charge in [0, 0.05) is 78.9 Å². The molecular formula is C33H33F4N7O. The number of aromatic nitrogens is 5. The van der Waals surface area contributed by atoms with E-state index in [-0.39, 0.29) is 30.7 Å². The molecule has 0 saturated carbocycles. The molecule has 1 N–H and O–H groups in total. The van der Waals surface area contributed by atoms with Gasteiger partial charge in [0.05, 0.1) is 18.7 Å². The highest BCUT2D eigenvalue weighted by Gasteiger charge is 2.33. The Morgan fingerprint density at radius 1 is 1.00 bits per heavy atom. The van der Waals surface area contributed by atoms with Crippen molar-refractivity contribution in [2.45, 2.75) is 45.1 Å². The number of rotatable bonds is 11. The number of hydrogen-bond acceptors (Lipinski definition) is 7. The van der Waals surface area contributed by atoms with Gasteiger partial charge in [0.25, 0.3) is 5.92 Å². The highest BCUT2D eigenvalue weighted by atomic mass is 19.3. The first-order chi connectivity index (χ1) is 21.8. The van der Waals surface area contributed by atoms with E-state index in [1.54, 1.807) is 30.2 Å². The molecule has 8 nitrogen and oxygen atoms in total. The van der Waals surface area contributed by atoms with Crippen molar-refractivity contribution in [2.24, 2.45) is 0 Å². The highest BCUT2D eigenvalue weighted by Crippen LogP contribution is 2.31. The fourth-order valence-electron chi connectivity index (χ4n) is 5.52. The van der Waals surface area contributed by atoms with Gasteiger partial charge < -0.3 is 15.0 Å². The maximum Gasteiger partial charge on any atom is 0.250 e. The minimum absolute atomic E-state index is 0.113. The highest BCUT2D eigenvalue weighted by molar-refractivity contribution is 5.91. The quantitative estimate of drug-likeness (QED) is 0.159. The fraction of sp³-hybridized carbons (Fsp3) is 0.333. The Morgan fingerprint density at radius 2 is 1.73 bits per heavy atom. The first-order valence-electron chi connectivity index (χ1n) is 15.0. The summed E-state index contributed by atoms with van der Waals surface area (Å²) in [7, 11) is 0. The number of pyridine rings is 1. The summed E-state index contributed by atoms with van der Waals surface area (Å²) in [6, 6.07) is 13.4. The molecule has 0 unspecified atom stereocenters. The number of halogens is 4. The van der Waals surface area contributed by atoms with Gasteiger partial charge in [0.1, 0.15) is 28.9 Å². The smallest absolute Gasteiger partial charge is 0.250 e. The van der Waals surface area contributed by atoms with Crippen molar-refractivity contribution in [2.75, 3.05) is 31.6 Å². The van der Waals surface area contributed by atoms with E-state index in [4.69, 9.17) is 14.8 Å². The lowest BCUT2D eigenvalue weighted by molar-refractivity contribution is -0.0551. The molecular weight excluding hydrogens is 586 g/mol. The van der Waals surface area contributed by atoms with Crippen LogP contribution in [0.3, 0.4) is 0 Å². The lowest BCUT2D eigenvalue weighted by Crippen LogP contribution is -2.39. The second kappa shape index (κ2) is 13.2. The molecule has 2 aromatic carbocycles. The topological polar surface area (TPSA) is 81.0 Å². The molecule has 0 aliphatic carbocycles. The monoisotopic (exact) mass is 619 g/mol. The SMILES string of the molecule is CCOc1cc(F)c(Cn2nc(-c3ncc(CCCN4CCC(F)(F)CC4)c(Nc4ccncc4)n3)c3ccccc32)c(F)c1. The Bertz CT molecular complexity index is 1750. The zero-order valence-electron chi connectivity index (χ0n) is 24.8. The Hall–Kier alpha value is -4.58. The minimum atomic E-state index is -2.57. The second-order valence-electron chi connectivity index (χ2n) is 11.1. The van der Waals surface area contributed by atoms with Crippen LogP contribution in [-0.2, 0) is 13.0 Å². The van der Waals surface area contributed by atoms with Gasteiger partial charge in [-0.25, -0.2) is 27.5 Å². The number of piperidine rings is 1. The molecule has 0 amide bonds. The van der Waals surface area contributed by atoms with Crippen LogP contribution >= 0.6 is 0 Å². The number of hydrogen-bond donors (Lipinski definition) is 1. The first-order valence-corrected chi connectivity index (χ1v) is 15.0. The number of anilines is 2. The van der Waals surface area contributed by atoms with Crippen LogP contribution in [-0.4, -0.2) is 61.8 Å². The zero-order chi connectivity index (χ0) is 31.4. The fourth-order valence-corrected chi connectivity index (χ4v) is 5.52. The van der Waals surface area contributed by atoms with Crippen molar-refractivity contribution in [3.8, 4) is 17.3 Å². The van der Waals surface area contributed by atoms with Crippen LogP contribution in [0.5, 0.6) is 5.75 Å². The number of nitrogens with one attached hydrogen (secondary N) is 1. The summed E-state index contributed by atoms with van der Waals surface area (Å²) in [6.07, 6.45) is 6.24. The van der Waals surface area contributed by atoms with Crippen LogP contribution in [0.25, 0.3) is 22.4 Å². The summed E-state index contributed by atoms with van der Waals surface area (Å²) in [5.41, 5.74) is 2.65. The molecule has 4 heterocycles. The molecule has 6 rings (SSSR count). The average molecular weight is 620 g/mol. The van der Waals surface area contributed by atoms with Crippen LogP contribution in [0.4, 0.5) is 29.1 Å². The van der Waals surface area contributed by atoms with Crippen LogP contribution in [0.15, 0.2) is 67.1 Å². The van der Waals surface area contributed by atoms with E-state index in [0.717, 1.165) is 23.1 Å². The maximum atomic E-state index is 15.0. The maximum absolute atomic E-state index is 15.0. The molecule has 0 atom stereocenters. The van der Waals surface area contributed by atoms with Crippen LogP contribution < -0.4 is 10.1 Å². The predicted molar refractivity (Wildman–Crippen MR) is 164 cm³/mol. The number of benzene rings is 2. The van der Waals surface area contributed by atoms with Gasteiger partial charge in [0.2, 0.25) is 0 Å². The number of para-hydroxylation sites is 1. The molecule has 3 aromatic heterocycles. The Balaban J connectivity index is 1.30. The molecule has 1 aliphatic rings. The largest absolute Gasteiger partial charge is 0.494 e. The van der Waals surface area contributed by atoms with Gasteiger partial charge in [-0.3, -0.25) is 9.67 Å². The summed E-state index contributed by atoms with van der Waals surface area (Å²) < 4.78 is 63.9. The van der Waals surface area contributed by atoms with Crippen molar-refractivity contribution >= 4 is 22.4 Å². The molecule has 0 spiro atoms. The van der Waals surface area contributed by atoms with Crippen molar-refractivity contribution in [1.29, 1.82) is 0 Å². The van der Waals surface area contributed by atoms with E-state index < -0.39 is 17.6 Å². The molecule has 1 saturated heterocycles. The first kappa shape index (κ1) is 30.4. The van der Waals surface area contributed by atoms with E-state index in [1.165, 1.54) is 12.1 Å². The number of alkyl halides is 2. The molecule has 1 fully saturated rings. The number of likely N-dealkylation sites (tertiary alicyclic amines) is 1. The molecule has 234 valence electrons. The molecule has 0 radical (unpaired) electrons. The third kappa shape index (κ3) is 7.06. The summed E-state index contributed by atoms with van der Waals surface area (Å²) in [6.45, 7) is 3.35. The van der Waals surface area contributed by atoms with Crippen LogP contribution in [0, 0.1) is 11.6 Å².